The maximum atomic E-state index is 12.7. The molecule has 2 aliphatic rings. The molecule has 0 unspecified atom stereocenters. The van der Waals surface area contributed by atoms with Gasteiger partial charge in [-0.3, -0.25) is 4.79 Å². The van der Waals surface area contributed by atoms with Crippen LogP contribution in [-0.4, -0.2) is 33.7 Å². The molecule has 2 fully saturated rings. The zero-order valence-electron chi connectivity index (χ0n) is 14.2. The highest BCUT2D eigenvalue weighted by atomic mass is 16.4. The maximum absolute atomic E-state index is 12.7. The van der Waals surface area contributed by atoms with Gasteiger partial charge in [0.15, 0.2) is 0 Å². The van der Waals surface area contributed by atoms with Gasteiger partial charge in [-0.1, -0.05) is 12.2 Å². The topological polar surface area (TPSA) is 75.4 Å². The predicted molar refractivity (Wildman–Crippen MR) is 97.4 cm³/mol. The quantitative estimate of drug-likeness (QED) is 0.926. The maximum Gasteiger partial charge on any atom is 0.341 e. The molecule has 0 spiro atoms. The summed E-state index contributed by atoms with van der Waals surface area (Å²) in [6.45, 7) is 3.92. The van der Waals surface area contributed by atoms with Gasteiger partial charge < -0.3 is 14.6 Å². The number of fused-ring (bicyclic) bond motifs is 1. The van der Waals surface area contributed by atoms with Crippen LogP contribution in [0, 0.1) is 0 Å². The molecule has 0 amide bonds. The molecule has 0 bridgehead atoms. The van der Waals surface area contributed by atoms with Gasteiger partial charge in [-0.25, -0.2) is 9.78 Å². The minimum atomic E-state index is -1.20. The van der Waals surface area contributed by atoms with Crippen molar-refractivity contribution in [2.24, 2.45) is 0 Å². The van der Waals surface area contributed by atoms with Gasteiger partial charge in [-0.15, -0.1) is 0 Å². The lowest BCUT2D eigenvalue weighted by molar-refractivity contribution is 0.0695. The van der Waals surface area contributed by atoms with Crippen molar-refractivity contribution in [1.82, 2.24) is 9.55 Å². The van der Waals surface area contributed by atoms with Crippen molar-refractivity contribution in [3.63, 3.8) is 0 Å². The fourth-order valence-electron chi connectivity index (χ4n) is 3.66. The predicted octanol–water partition coefficient (Wildman–Crippen LogP) is 3.06. The van der Waals surface area contributed by atoms with E-state index in [4.69, 9.17) is 0 Å². The van der Waals surface area contributed by atoms with E-state index in [0.29, 0.717) is 0 Å². The lowest BCUT2D eigenvalue weighted by atomic mass is 10.1. The van der Waals surface area contributed by atoms with Crippen molar-refractivity contribution in [3.8, 4) is 0 Å². The standard InChI is InChI=1S/C19H21N3O3/c1-2-5-13-15(21-8-3-4-9-21)10-20-16-17(13)22(12-6-7-12)11-14(18(16)23)19(24)25/h2,5,10-12H,3-4,6-9H2,1H3,(H,24,25)/b5-2-. The number of carboxylic acids is 1. The highest BCUT2D eigenvalue weighted by Gasteiger charge is 2.29. The van der Waals surface area contributed by atoms with Crippen LogP contribution in [0.15, 0.2) is 23.3 Å². The summed E-state index contributed by atoms with van der Waals surface area (Å²) in [6.07, 6.45) is 11.5. The largest absolute Gasteiger partial charge is 0.477 e. The molecule has 2 aromatic heterocycles. The number of hydrogen-bond acceptors (Lipinski definition) is 4. The summed E-state index contributed by atoms with van der Waals surface area (Å²) in [5.41, 5.74) is 2.31. The second kappa shape index (κ2) is 6.02. The average Bonchev–Trinajstić information content (AvgIpc) is 3.29. The summed E-state index contributed by atoms with van der Waals surface area (Å²) < 4.78 is 1.96. The van der Waals surface area contributed by atoms with E-state index in [1.165, 1.54) is 6.20 Å². The number of hydrogen-bond donors (Lipinski definition) is 1. The van der Waals surface area contributed by atoms with Crippen molar-refractivity contribution < 1.29 is 9.90 Å². The Labute approximate surface area is 145 Å². The Bertz CT molecular complexity index is 935. The molecule has 2 aromatic rings. The zero-order valence-corrected chi connectivity index (χ0v) is 14.2. The molecule has 0 atom stereocenters. The third-order valence-corrected chi connectivity index (χ3v) is 5.01. The second-order valence-corrected chi connectivity index (χ2v) is 6.76. The summed E-state index contributed by atoms with van der Waals surface area (Å²) in [5, 5.41) is 9.39. The molecule has 4 rings (SSSR count). The van der Waals surface area contributed by atoms with Gasteiger partial charge >= 0.3 is 5.97 Å². The van der Waals surface area contributed by atoms with Crippen LogP contribution in [0.2, 0.25) is 0 Å². The highest BCUT2D eigenvalue weighted by molar-refractivity contribution is 5.96. The van der Waals surface area contributed by atoms with Crippen LogP contribution in [-0.2, 0) is 0 Å². The number of anilines is 1. The number of rotatable bonds is 4. The molecular formula is C19H21N3O3. The van der Waals surface area contributed by atoms with Crippen molar-refractivity contribution in [2.45, 2.75) is 38.6 Å². The monoisotopic (exact) mass is 339 g/mol. The molecule has 25 heavy (non-hydrogen) atoms. The van der Waals surface area contributed by atoms with Crippen molar-refractivity contribution >= 4 is 28.8 Å². The first-order valence-corrected chi connectivity index (χ1v) is 8.80. The summed E-state index contributed by atoms with van der Waals surface area (Å²) in [4.78, 5) is 30.9. The second-order valence-electron chi connectivity index (χ2n) is 6.76. The fourth-order valence-corrected chi connectivity index (χ4v) is 3.66. The first kappa shape index (κ1) is 15.9. The van der Waals surface area contributed by atoms with Crippen LogP contribution in [0.1, 0.15) is 54.6 Å². The molecule has 6 heteroatoms. The number of aromatic nitrogens is 2. The molecule has 130 valence electrons. The Hall–Kier alpha value is -2.63. The number of aromatic carboxylic acids is 1. The molecule has 0 aromatic carbocycles. The van der Waals surface area contributed by atoms with E-state index in [9.17, 15) is 14.7 Å². The first-order chi connectivity index (χ1) is 12.1. The van der Waals surface area contributed by atoms with E-state index in [1.54, 1.807) is 6.20 Å². The van der Waals surface area contributed by atoms with Crippen LogP contribution in [0.5, 0.6) is 0 Å². The molecule has 1 saturated carbocycles. The molecule has 0 radical (unpaired) electrons. The Kier molecular flexibility index (Phi) is 3.82. The summed E-state index contributed by atoms with van der Waals surface area (Å²) in [6, 6.07) is 0.251. The lowest BCUT2D eigenvalue weighted by Crippen LogP contribution is -2.23. The summed E-state index contributed by atoms with van der Waals surface area (Å²) in [5.74, 6) is -1.20. The molecule has 1 N–H and O–H groups in total. The molecule has 6 nitrogen and oxygen atoms in total. The van der Waals surface area contributed by atoms with Gasteiger partial charge in [0.25, 0.3) is 0 Å². The van der Waals surface area contributed by atoms with E-state index in [0.717, 1.165) is 55.5 Å². The normalized spacial score (nSPS) is 17.7. The molecular weight excluding hydrogens is 318 g/mol. The Morgan fingerprint density at radius 2 is 2.04 bits per heavy atom. The van der Waals surface area contributed by atoms with Crippen LogP contribution in [0.3, 0.4) is 0 Å². The average molecular weight is 339 g/mol. The Morgan fingerprint density at radius 3 is 2.64 bits per heavy atom. The van der Waals surface area contributed by atoms with Crippen molar-refractivity contribution in [3.05, 3.63) is 39.8 Å². The Balaban J connectivity index is 2.07. The Morgan fingerprint density at radius 1 is 1.32 bits per heavy atom. The van der Waals surface area contributed by atoms with Crippen LogP contribution in [0.25, 0.3) is 17.1 Å². The van der Waals surface area contributed by atoms with E-state index in [1.807, 2.05) is 23.6 Å². The first-order valence-electron chi connectivity index (χ1n) is 8.80. The van der Waals surface area contributed by atoms with Crippen LogP contribution in [0.4, 0.5) is 5.69 Å². The van der Waals surface area contributed by atoms with Crippen molar-refractivity contribution in [1.29, 1.82) is 0 Å². The van der Waals surface area contributed by atoms with E-state index >= 15 is 0 Å². The molecule has 1 aliphatic heterocycles. The van der Waals surface area contributed by atoms with Crippen LogP contribution >= 0.6 is 0 Å². The van der Waals surface area contributed by atoms with Gasteiger partial charge in [0.05, 0.1) is 17.4 Å². The number of pyridine rings is 2. The van der Waals surface area contributed by atoms with E-state index in [-0.39, 0.29) is 17.1 Å². The van der Waals surface area contributed by atoms with Gasteiger partial charge in [-0.2, -0.15) is 0 Å². The van der Waals surface area contributed by atoms with Crippen molar-refractivity contribution in [2.75, 3.05) is 18.0 Å². The van der Waals surface area contributed by atoms with Gasteiger partial charge in [-0.05, 0) is 32.6 Å². The molecule has 1 aliphatic carbocycles. The SMILES string of the molecule is C/C=C\c1c(N2CCCC2)cnc2c(=O)c(C(=O)O)cn(C3CC3)c12. The third-order valence-electron chi connectivity index (χ3n) is 5.01. The zero-order chi connectivity index (χ0) is 17.6. The minimum Gasteiger partial charge on any atom is -0.477 e. The fraction of sp³-hybridized carbons (Fsp3) is 0.421. The van der Waals surface area contributed by atoms with Gasteiger partial charge in [0.1, 0.15) is 11.1 Å². The minimum absolute atomic E-state index is 0.202. The van der Waals surface area contributed by atoms with Crippen LogP contribution < -0.4 is 10.3 Å². The summed E-state index contributed by atoms with van der Waals surface area (Å²) >= 11 is 0. The third kappa shape index (κ3) is 2.62. The molecule has 1 saturated heterocycles. The number of carbonyl (C=O) groups is 1. The van der Waals surface area contributed by atoms with Gasteiger partial charge in [0.2, 0.25) is 5.43 Å². The van der Waals surface area contributed by atoms with Gasteiger partial charge in [0, 0.05) is 30.9 Å². The number of allylic oxidation sites excluding steroid dienone is 1. The lowest BCUT2D eigenvalue weighted by Gasteiger charge is -2.22. The highest BCUT2D eigenvalue weighted by Crippen LogP contribution is 2.39. The molecule has 3 heterocycles. The van der Waals surface area contributed by atoms with E-state index in [2.05, 4.69) is 9.88 Å². The number of nitrogens with zero attached hydrogens (tertiary/aromatic N) is 3. The smallest absolute Gasteiger partial charge is 0.341 e. The summed E-state index contributed by atoms with van der Waals surface area (Å²) in [7, 11) is 0. The van der Waals surface area contributed by atoms with E-state index < -0.39 is 11.4 Å². The number of carboxylic acid groups (broad SMARTS) is 1.